The maximum Gasteiger partial charge on any atom is 0.250 e. The summed E-state index contributed by atoms with van der Waals surface area (Å²) in [6.45, 7) is 4.11. The Morgan fingerprint density at radius 2 is 1.97 bits per heavy atom. The van der Waals surface area contributed by atoms with E-state index in [1.54, 1.807) is 24.3 Å². The second kappa shape index (κ2) is 8.91. The van der Waals surface area contributed by atoms with Crippen molar-refractivity contribution < 1.29 is 4.79 Å². The average molecular weight is 482 g/mol. The Bertz CT molecular complexity index is 1060. The molecule has 0 saturated carbocycles. The number of carbonyl (C=O) groups excluding carboxylic acids is 1. The number of aromatic nitrogens is 1. The molecule has 158 valence electrons. The molecule has 0 radical (unpaired) electrons. The molecule has 3 heterocycles. The number of rotatable bonds is 3. The molecule has 1 aromatic heterocycles. The quantitative estimate of drug-likeness (QED) is 0.648. The molecule has 2 aromatic rings. The minimum atomic E-state index is -0.385. The predicted molar refractivity (Wildman–Crippen MR) is 128 cm³/mol. The van der Waals surface area contributed by atoms with Gasteiger partial charge in [0.1, 0.15) is 4.32 Å². The zero-order valence-electron chi connectivity index (χ0n) is 16.3. The van der Waals surface area contributed by atoms with Crippen LogP contribution in [0.1, 0.15) is 25.0 Å². The first kappa shape index (κ1) is 21.7. The number of piperidine rings is 1. The van der Waals surface area contributed by atoms with Crippen LogP contribution in [0.15, 0.2) is 41.2 Å². The third-order valence-corrected chi connectivity index (χ3v) is 7.99. The van der Waals surface area contributed by atoms with Crippen LogP contribution >= 0.6 is 47.2 Å². The molecule has 1 fully saturated rings. The molecule has 3 atom stereocenters. The lowest BCUT2D eigenvalue weighted by Gasteiger charge is -2.43. The third kappa shape index (κ3) is 4.40. The minimum absolute atomic E-state index is 0.0672. The van der Waals surface area contributed by atoms with Gasteiger partial charge in [0, 0.05) is 37.3 Å². The van der Waals surface area contributed by atoms with Crippen LogP contribution in [0.4, 0.5) is 5.69 Å². The van der Waals surface area contributed by atoms with E-state index in [9.17, 15) is 9.59 Å². The number of hydrogen-bond acceptors (Lipinski definition) is 4. The van der Waals surface area contributed by atoms with Crippen molar-refractivity contribution in [1.82, 2.24) is 9.47 Å². The lowest BCUT2D eigenvalue weighted by Crippen LogP contribution is -2.48. The van der Waals surface area contributed by atoms with Crippen LogP contribution in [0.2, 0.25) is 10.0 Å². The van der Waals surface area contributed by atoms with E-state index in [1.165, 1.54) is 11.8 Å². The van der Waals surface area contributed by atoms with Crippen LogP contribution < -0.4 is 10.9 Å². The van der Waals surface area contributed by atoms with Gasteiger partial charge >= 0.3 is 0 Å². The van der Waals surface area contributed by atoms with Gasteiger partial charge in [0.05, 0.1) is 21.0 Å². The monoisotopic (exact) mass is 481 g/mol. The summed E-state index contributed by atoms with van der Waals surface area (Å²) < 4.78 is 2.60. The smallest absolute Gasteiger partial charge is 0.250 e. The van der Waals surface area contributed by atoms with Gasteiger partial charge in [-0.1, -0.05) is 59.3 Å². The first-order chi connectivity index (χ1) is 14.3. The normalized spacial score (nSPS) is 21.0. The van der Waals surface area contributed by atoms with Gasteiger partial charge in [-0.3, -0.25) is 9.59 Å². The van der Waals surface area contributed by atoms with E-state index in [-0.39, 0.29) is 22.6 Å². The number of likely N-dealkylation sites (tertiary alicyclic amines) is 1. The van der Waals surface area contributed by atoms with E-state index >= 15 is 0 Å². The number of halogens is 2. The molecule has 2 bridgehead atoms. The zero-order chi connectivity index (χ0) is 21.4. The van der Waals surface area contributed by atoms with Crippen molar-refractivity contribution in [2.45, 2.75) is 31.1 Å². The molecule has 0 unspecified atom stereocenters. The molecule has 0 aliphatic carbocycles. The summed E-state index contributed by atoms with van der Waals surface area (Å²) in [7, 11) is 0. The van der Waals surface area contributed by atoms with E-state index in [1.807, 2.05) is 23.6 Å². The van der Waals surface area contributed by atoms with E-state index in [4.69, 9.17) is 35.4 Å². The first-order valence-corrected chi connectivity index (χ1v) is 11.8. The SMILES string of the molecule is C[C@H](SC(=S)N1C[C@@H]2C[C@@H](C1)c1cccc(=O)n1C2)C(=O)Nc1cccc(Cl)c1Cl. The van der Waals surface area contributed by atoms with E-state index in [0.717, 1.165) is 31.7 Å². The molecule has 5 nitrogen and oxygen atoms in total. The second-order valence-corrected chi connectivity index (χ2v) is 10.5. The lowest BCUT2D eigenvalue weighted by molar-refractivity contribution is -0.115. The van der Waals surface area contributed by atoms with Gasteiger partial charge in [-0.25, -0.2) is 0 Å². The van der Waals surface area contributed by atoms with Crippen LogP contribution in [-0.2, 0) is 11.3 Å². The summed E-state index contributed by atoms with van der Waals surface area (Å²) >= 11 is 19.2. The summed E-state index contributed by atoms with van der Waals surface area (Å²) in [5.41, 5.74) is 1.64. The number of anilines is 1. The number of nitrogens with one attached hydrogen (secondary N) is 1. The van der Waals surface area contributed by atoms with Crippen LogP contribution in [0.3, 0.4) is 0 Å². The number of benzene rings is 1. The van der Waals surface area contributed by atoms with Crippen molar-refractivity contribution in [1.29, 1.82) is 0 Å². The van der Waals surface area contributed by atoms with Gasteiger partial charge in [0.15, 0.2) is 0 Å². The Labute approximate surface area is 194 Å². The first-order valence-electron chi connectivity index (χ1n) is 9.73. The van der Waals surface area contributed by atoms with E-state index < -0.39 is 0 Å². The van der Waals surface area contributed by atoms with Gasteiger partial charge in [-0.2, -0.15) is 0 Å². The largest absolute Gasteiger partial charge is 0.356 e. The van der Waals surface area contributed by atoms with Crippen molar-refractivity contribution in [2.24, 2.45) is 5.92 Å². The highest BCUT2D eigenvalue weighted by atomic mass is 35.5. The standard InChI is InChI=1S/C21H21Cl2N3O2S2/c1-12(20(28)24-16-5-2-4-15(22)19(16)23)30-21(29)25-9-13-8-14(11-25)17-6-3-7-18(27)26(17)10-13/h2-7,12-14H,8-11H2,1H3,(H,24,28)/t12-,13-,14-/m0/s1. The van der Waals surface area contributed by atoms with Gasteiger partial charge in [0.25, 0.3) is 5.56 Å². The van der Waals surface area contributed by atoms with Crippen LogP contribution in [0.25, 0.3) is 0 Å². The molecule has 1 amide bonds. The molecular weight excluding hydrogens is 461 g/mol. The maximum absolute atomic E-state index is 12.6. The predicted octanol–water partition coefficient (Wildman–Crippen LogP) is 4.62. The third-order valence-electron chi connectivity index (χ3n) is 5.59. The maximum atomic E-state index is 12.6. The minimum Gasteiger partial charge on any atom is -0.356 e. The Kier molecular flexibility index (Phi) is 6.44. The molecule has 30 heavy (non-hydrogen) atoms. The molecule has 2 aliphatic heterocycles. The molecule has 9 heteroatoms. The van der Waals surface area contributed by atoms with E-state index in [2.05, 4.69) is 10.2 Å². The lowest BCUT2D eigenvalue weighted by atomic mass is 9.83. The van der Waals surface area contributed by atoms with Crippen molar-refractivity contribution in [2.75, 3.05) is 18.4 Å². The fourth-order valence-corrected chi connectivity index (χ4v) is 5.86. The molecule has 0 spiro atoms. The Balaban J connectivity index is 1.40. The van der Waals surface area contributed by atoms with Gasteiger partial charge in [0.2, 0.25) is 5.91 Å². The summed E-state index contributed by atoms with van der Waals surface area (Å²) in [5, 5.41) is 3.16. The summed E-state index contributed by atoms with van der Waals surface area (Å²) in [5.74, 6) is 0.476. The molecule has 1 saturated heterocycles. The molecule has 1 aromatic carbocycles. The van der Waals surface area contributed by atoms with Gasteiger partial charge in [-0.05, 0) is 37.5 Å². The topological polar surface area (TPSA) is 54.3 Å². The van der Waals surface area contributed by atoms with Crippen molar-refractivity contribution in [3.05, 3.63) is 62.5 Å². The molecule has 2 aliphatic rings. The van der Waals surface area contributed by atoms with Crippen LogP contribution in [0, 0.1) is 5.92 Å². The zero-order valence-corrected chi connectivity index (χ0v) is 19.5. The molecular formula is C21H21Cl2N3O2S2. The Morgan fingerprint density at radius 1 is 1.20 bits per heavy atom. The van der Waals surface area contributed by atoms with E-state index in [0.29, 0.717) is 26.0 Å². The number of pyridine rings is 1. The van der Waals surface area contributed by atoms with Crippen LogP contribution in [0.5, 0.6) is 0 Å². The number of carbonyl (C=O) groups is 1. The number of nitrogens with zero attached hydrogens (tertiary/aromatic N) is 2. The summed E-state index contributed by atoms with van der Waals surface area (Å²) in [4.78, 5) is 27.0. The summed E-state index contributed by atoms with van der Waals surface area (Å²) in [6.07, 6.45) is 1.07. The van der Waals surface area contributed by atoms with Gasteiger partial charge in [-0.15, -0.1) is 0 Å². The second-order valence-electron chi connectivity index (χ2n) is 7.72. The molecule has 4 rings (SSSR count). The van der Waals surface area contributed by atoms with Gasteiger partial charge < -0.3 is 14.8 Å². The highest BCUT2D eigenvalue weighted by molar-refractivity contribution is 8.23. The number of thiocarbonyl (C=S) groups is 1. The number of amides is 1. The number of thioether (sulfide) groups is 1. The average Bonchev–Trinajstić information content (AvgIpc) is 2.72. The Hall–Kier alpha value is -1.54. The number of fused-ring (bicyclic) bond motifs is 4. The Morgan fingerprint density at radius 3 is 2.77 bits per heavy atom. The van der Waals surface area contributed by atoms with Crippen LogP contribution in [-0.4, -0.2) is 38.0 Å². The molecule has 1 N–H and O–H groups in total. The van der Waals surface area contributed by atoms with Crippen molar-refractivity contribution in [3.63, 3.8) is 0 Å². The summed E-state index contributed by atoms with van der Waals surface area (Å²) in [6, 6.07) is 10.6. The highest BCUT2D eigenvalue weighted by Crippen LogP contribution is 2.36. The highest BCUT2D eigenvalue weighted by Gasteiger charge is 2.36. The fourth-order valence-electron chi connectivity index (χ4n) is 4.16. The van der Waals surface area contributed by atoms with Crippen molar-refractivity contribution in [3.8, 4) is 0 Å². The number of hydrogen-bond donors (Lipinski definition) is 1. The van der Waals surface area contributed by atoms with Crippen molar-refractivity contribution >= 4 is 63.1 Å². The fraction of sp³-hybridized carbons (Fsp3) is 0.381.